The van der Waals surface area contributed by atoms with Crippen molar-refractivity contribution in [1.82, 2.24) is 0 Å². The Morgan fingerprint density at radius 2 is 1.73 bits per heavy atom. The molecule has 0 unspecified atom stereocenters. The molecule has 0 aliphatic rings. The summed E-state index contributed by atoms with van der Waals surface area (Å²) in [5.41, 5.74) is 2.55. The van der Waals surface area contributed by atoms with Gasteiger partial charge in [-0.15, -0.1) is 0 Å². The van der Waals surface area contributed by atoms with Crippen LogP contribution in [0.4, 0.5) is 5.69 Å². The largest absolute Gasteiger partial charge is 0.452 e. The molecule has 0 aliphatic carbocycles. The van der Waals surface area contributed by atoms with Gasteiger partial charge >= 0.3 is 5.97 Å². The molecule has 0 saturated carbocycles. The number of esters is 1. The van der Waals surface area contributed by atoms with Crippen LogP contribution in [0.15, 0.2) is 60.7 Å². The summed E-state index contributed by atoms with van der Waals surface area (Å²) >= 11 is 0. The standard InChI is InChI=1S/C18H17NO3/c1-14-7-5-6-10-16(14)19-17(20)13-22-18(21)12-11-15-8-3-2-4-9-15/h2-12H,13H2,1H3,(H,19,20)/b12-11+. The van der Waals surface area contributed by atoms with Gasteiger partial charge in [0.2, 0.25) is 0 Å². The molecule has 2 aromatic carbocycles. The monoisotopic (exact) mass is 295 g/mol. The van der Waals surface area contributed by atoms with E-state index >= 15 is 0 Å². The Morgan fingerprint density at radius 1 is 1.05 bits per heavy atom. The molecule has 1 N–H and O–H groups in total. The summed E-state index contributed by atoms with van der Waals surface area (Å²) in [6, 6.07) is 16.8. The van der Waals surface area contributed by atoms with Crippen LogP contribution in [0.2, 0.25) is 0 Å². The van der Waals surface area contributed by atoms with E-state index in [0.717, 1.165) is 11.1 Å². The van der Waals surface area contributed by atoms with Crippen molar-refractivity contribution in [3.05, 3.63) is 71.8 Å². The summed E-state index contributed by atoms with van der Waals surface area (Å²) in [6.45, 7) is 1.58. The second-order valence-corrected chi connectivity index (χ2v) is 4.71. The average Bonchev–Trinajstić information content (AvgIpc) is 2.54. The third kappa shape index (κ3) is 4.90. The molecular formula is C18H17NO3. The van der Waals surface area contributed by atoms with Crippen LogP contribution >= 0.6 is 0 Å². The van der Waals surface area contributed by atoms with E-state index in [1.54, 1.807) is 12.1 Å². The second kappa shape index (κ2) is 7.78. The predicted molar refractivity (Wildman–Crippen MR) is 86.2 cm³/mol. The van der Waals surface area contributed by atoms with Crippen LogP contribution in [0.25, 0.3) is 6.08 Å². The van der Waals surface area contributed by atoms with Crippen LogP contribution < -0.4 is 5.32 Å². The molecule has 0 fully saturated rings. The molecule has 0 aliphatic heterocycles. The SMILES string of the molecule is Cc1ccccc1NC(=O)COC(=O)/C=C/c1ccccc1. The van der Waals surface area contributed by atoms with Gasteiger partial charge in [-0.25, -0.2) is 4.79 Å². The van der Waals surface area contributed by atoms with Crippen molar-refractivity contribution in [3.63, 3.8) is 0 Å². The highest BCUT2D eigenvalue weighted by molar-refractivity contribution is 5.95. The van der Waals surface area contributed by atoms with Gasteiger partial charge in [-0.1, -0.05) is 48.5 Å². The summed E-state index contributed by atoms with van der Waals surface area (Å²) in [5.74, 6) is -0.917. The van der Waals surface area contributed by atoms with Crippen LogP contribution in [0, 0.1) is 6.92 Å². The van der Waals surface area contributed by atoms with E-state index in [-0.39, 0.29) is 12.5 Å². The molecular weight excluding hydrogens is 278 g/mol. The van der Waals surface area contributed by atoms with E-state index in [2.05, 4.69) is 5.32 Å². The number of aryl methyl sites for hydroxylation is 1. The summed E-state index contributed by atoms with van der Waals surface area (Å²) in [4.78, 5) is 23.3. The first kappa shape index (κ1) is 15.5. The highest BCUT2D eigenvalue weighted by Crippen LogP contribution is 2.12. The van der Waals surface area contributed by atoms with Crippen molar-refractivity contribution < 1.29 is 14.3 Å². The van der Waals surface area contributed by atoms with Crippen molar-refractivity contribution in [1.29, 1.82) is 0 Å². The Kier molecular flexibility index (Phi) is 5.49. The van der Waals surface area contributed by atoms with Crippen LogP contribution in [0.3, 0.4) is 0 Å². The third-order valence-electron chi connectivity index (χ3n) is 2.98. The van der Waals surface area contributed by atoms with Gasteiger partial charge in [0.25, 0.3) is 5.91 Å². The predicted octanol–water partition coefficient (Wildman–Crippen LogP) is 3.19. The van der Waals surface area contributed by atoms with Gasteiger partial charge in [0, 0.05) is 11.8 Å². The number of anilines is 1. The Hall–Kier alpha value is -2.88. The van der Waals surface area contributed by atoms with Crippen LogP contribution in [-0.4, -0.2) is 18.5 Å². The number of ether oxygens (including phenoxy) is 1. The van der Waals surface area contributed by atoms with Crippen molar-refractivity contribution in [2.45, 2.75) is 6.92 Å². The van der Waals surface area contributed by atoms with E-state index in [9.17, 15) is 9.59 Å². The first-order valence-corrected chi connectivity index (χ1v) is 6.90. The fourth-order valence-corrected chi connectivity index (χ4v) is 1.81. The molecule has 1 amide bonds. The molecule has 2 aromatic rings. The minimum atomic E-state index is -0.552. The minimum Gasteiger partial charge on any atom is -0.452 e. The average molecular weight is 295 g/mol. The lowest BCUT2D eigenvalue weighted by Gasteiger charge is -2.07. The zero-order chi connectivity index (χ0) is 15.8. The van der Waals surface area contributed by atoms with Crippen molar-refractivity contribution in [2.24, 2.45) is 0 Å². The highest BCUT2D eigenvalue weighted by atomic mass is 16.5. The van der Waals surface area contributed by atoms with E-state index < -0.39 is 5.97 Å². The zero-order valence-electron chi connectivity index (χ0n) is 12.3. The summed E-state index contributed by atoms with van der Waals surface area (Å²) in [7, 11) is 0. The van der Waals surface area contributed by atoms with E-state index in [1.807, 2.05) is 55.5 Å². The van der Waals surface area contributed by atoms with Crippen LogP contribution in [0.1, 0.15) is 11.1 Å². The molecule has 4 heteroatoms. The molecule has 0 heterocycles. The molecule has 0 bridgehead atoms. The van der Waals surface area contributed by atoms with E-state index in [0.29, 0.717) is 5.69 Å². The molecule has 0 atom stereocenters. The fourth-order valence-electron chi connectivity index (χ4n) is 1.81. The fraction of sp³-hybridized carbons (Fsp3) is 0.111. The topological polar surface area (TPSA) is 55.4 Å². The molecule has 0 aromatic heterocycles. The number of rotatable bonds is 5. The maximum atomic E-state index is 11.7. The Bertz CT molecular complexity index is 678. The molecule has 22 heavy (non-hydrogen) atoms. The van der Waals surface area contributed by atoms with Gasteiger partial charge in [-0.05, 0) is 30.2 Å². The van der Waals surface area contributed by atoms with E-state index in [1.165, 1.54) is 6.08 Å². The quantitative estimate of drug-likeness (QED) is 0.681. The normalized spacial score (nSPS) is 10.4. The van der Waals surface area contributed by atoms with Gasteiger partial charge in [0.1, 0.15) is 0 Å². The second-order valence-electron chi connectivity index (χ2n) is 4.71. The maximum absolute atomic E-state index is 11.7. The number of hydrogen-bond acceptors (Lipinski definition) is 3. The van der Waals surface area contributed by atoms with E-state index in [4.69, 9.17) is 4.74 Å². The molecule has 0 saturated heterocycles. The minimum absolute atomic E-state index is 0.313. The van der Waals surface area contributed by atoms with Crippen molar-refractivity contribution in [3.8, 4) is 0 Å². The summed E-state index contributed by atoms with van der Waals surface area (Å²) < 4.78 is 4.90. The first-order chi connectivity index (χ1) is 10.6. The zero-order valence-corrected chi connectivity index (χ0v) is 12.3. The Labute approximate surface area is 129 Å². The van der Waals surface area contributed by atoms with Gasteiger partial charge < -0.3 is 10.1 Å². The van der Waals surface area contributed by atoms with Gasteiger partial charge in [-0.3, -0.25) is 4.79 Å². The molecule has 2 rings (SSSR count). The summed E-state index contributed by atoms with van der Waals surface area (Å²) in [6.07, 6.45) is 2.94. The number of benzene rings is 2. The van der Waals surface area contributed by atoms with Gasteiger partial charge in [0.05, 0.1) is 0 Å². The lowest BCUT2D eigenvalue weighted by Crippen LogP contribution is -2.20. The van der Waals surface area contributed by atoms with Crippen molar-refractivity contribution in [2.75, 3.05) is 11.9 Å². The molecule has 0 spiro atoms. The number of carbonyl (C=O) groups is 2. The lowest BCUT2D eigenvalue weighted by molar-refractivity contribution is -0.142. The molecule has 0 radical (unpaired) electrons. The first-order valence-electron chi connectivity index (χ1n) is 6.90. The smallest absolute Gasteiger partial charge is 0.331 e. The number of nitrogens with one attached hydrogen (secondary N) is 1. The maximum Gasteiger partial charge on any atom is 0.331 e. The summed E-state index contributed by atoms with van der Waals surface area (Å²) in [5, 5.41) is 2.70. The number of carbonyl (C=O) groups excluding carboxylic acids is 2. The Morgan fingerprint density at radius 3 is 2.45 bits per heavy atom. The van der Waals surface area contributed by atoms with Gasteiger partial charge in [-0.2, -0.15) is 0 Å². The lowest BCUT2D eigenvalue weighted by atomic mass is 10.2. The Balaban J connectivity index is 1.80. The number of hydrogen-bond donors (Lipinski definition) is 1. The number of para-hydroxylation sites is 1. The molecule has 112 valence electrons. The van der Waals surface area contributed by atoms with Crippen molar-refractivity contribution >= 4 is 23.6 Å². The van der Waals surface area contributed by atoms with Gasteiger partial charge in [0.15, 0.2) is 6.61 Å². The van der Waals surface area contributed by atoms with Crippen LogP contribution in [0.5, 0.6) is 0 Å². The molecule has 4 nitrogen and oxygen atoms in total. The van der Waals surface area contributed by atoms with Crippen LogP contribution in [-0.2, 0) is 14.3 Å². The third-order valence-corrected chi connectivity index (χ3v) is 2.98. The highest BCUT2D eigenvalue weighted by Gasteiger charge is 2.06. The number of amides is 1.